The Hall–Kier alpha value is -2.88. The molecule has 1 aliphatic rings. The topological polar surface area (TPSA) is 88.0 Å². The zero-order valence-corrected chi connectivity index (χ0v) is 22.9. The molecule has 1 fully saturated rings. The Morgan fingerprint density at radius 3 is 2.03 bits per heavy atom. The smallest absolute Gasteiger partial charge is 0.410 e. The Bertz CT molecular complexity index is 1100. The summed E-state index contributed by atoms with van der Waals surface area (Å²) in [7, 11) is -1.45. The van der Waals surface area contributed by atoms with E-state index >= 15 is 0 Å². The Morgan fingerprint density at radius 1 is 0.972 bits per heavy atom. The summed E-state index contributed by atoms with van der Waals surface area (Å²) in [5.74, 6) is 0.215. The molecule has 0 N–H and O–H groups in total. The molecule has 2 aromatic rings. The number of carbonyl (C=O) groups is 1. The third kappa shape index (κ3) is 6.87. The molecular formula is C26H36FN5O3S. The second-order valence-corrected chi connectivity index (χ2v) is 13.0. The van der Waals surface area contributed by atoms with E-state index in [9.17, 15) is 13.4 Å². The quantitative estimate of drug-likeness (QED) is 0.542. The number of piperazine rings is 1. The molecule has 1 amide bonds. The number of halogens is 1. The van der Waals surface area contributed by atoms with Gasteiger partial charge in [0.15, 0.2) is 0 Å². The van der Waals surface area contributed by atoms with Gasteiger partial charge in [-0.05, 0) is 66.2 Å². The van der Waals surface area contributed by atoms with Gasteiger partial charge in [-0.15, -0.1) is 0 Å². The van der Waals surface area contributed by atoms with Gasteiger partial charge in [0.2, 0.25) is 5.95 Å². The van der Waals surface area contributed by atoms with Gasteiger partial charge in [0.1, 0.15) is 22.4 Å². The first-order valence-electron chi connectivity index (χ1n) is 12.0. The van der Waals surface area contributed by atoms with Gasteiger partial charge in [-0.1, -0.05) is 12.1 Å². The molecule has 0 saturated carbocycles. The Labute approximate surface area is 215 Å². The molecule has 1 aromatic carbocycles. The fourth-order valence-corrected chi connectivity index (χ4v) is 4.21. The number of benzene rings is 1. The van der Waals surface area contributed by atoms with Crippen molar-refractivity contribution < 1.29 is 18.1 Å². The molecule has 36 heavy (non-hydrogen) atoms. The fourth-order valence-electron chi connectivity index (χ4n) is 3.59. The lowest BCUT2D eigenvalue weighted by molar-refractivity contribution is 0.0240. The van der Waals surface area contributed by atoms with E-state index in [2.05, 4.69) is 14.4 Å². The van der Waals surface area contributed by atoms with Crippen LogP contribution in [0.15, 0.2) is 41.1 Å². The molecule has 1 aliphatic heterocycles. The van der Waals surface area contributed by atoms with Crippen molar-refractivity contribution in [1.82, 2.24) is 14.9 Å². The molecule has 0 bridgehead atoms. The highest BCUT2D eigenvalue weighted by molar-refractivity contribution is 7.85. The van der Waals surface area contributed by atoms with Gasteiger partial charge in [0.05, 0.1) is 10.2 Å². The van der Waals surface area contributed by atoms with Crippen molar-refractivity contribution in [3.8, 4) is 0 Å². The van der Waals surface area contributed by atoms with E-state index in [1.165, 1.54) is 12.1 Å². The molecule has 1 saturated heterocycles. The third-order valence-corrected chi connectivity index (χ3v) is 7.17. The van der Waals surface area contributed by atoms with Crippen LogP contribution in [0.2, 0.25) is 0 Å². The van der Waals surface area contributed by atoms with E-state index < -0.39 is 26.7 Å². The lowest BCUT2D eigenvalue weighted by atomic mass is 9.78. The Kier molecular flexibility index (Phi) is 8.17. The molecule has 196 valence electrons. The summed E-state index contributed by atoms with van der Waals surface area (Å²) in [6.45, 7) is 15.2. The maximum absolute atomic E-state index is 13.6. The standard InChI is InChI=1S/C26H36FN5O3S/c1-24(2,3)35-23(33)32-14-12-31(13-15-32)22-28-16-20(17-29-22)26(7,18-30-36(34)25(4,5)6)19-8-10-21(27)11-9-19/h8-11,16-18H,12-15H2,1-7H3/t26-,36?/m0/s1. The highest BCUT2D eigenvalue weighted by Gasteiger charge is 2.31. The largest absolute Gasteiger partial charge is 0.444 e. The number of nitrogens with zero attached hydrogens (tertiary/aromatic N) is 5. The van der Waals surface area contributed by atoms with E-state index in [1.807, 2.05) is 53.4 Å². The number of hydrogen-bond donors (Lipinski definition) is 0. The summed E-state index contributed by atoms with van der Waals surface area (Å²) >= 11 is 0. The number of anilines is 1. The summed E-state index contributed by atoms with van der Waals surface area (Å²) < 4.78 is 35.5. The molecule has 0 aliphatic carbocycles. The molecule has 2 heterocycles. The average Bonchev–Trinajstić information content (AvgIpc) is 2.81. The van der Waals surface area contributed by atoms with Gasteiger partial charge < -0.3 is 14.5 Å². The van der Waals surface area contributed by atoms with Crippen molar-refractivity contribution in [2.45, 2.75) is 64.2 Å². The first-order chi connectivity index (χ1) is 16.7. The Morgan fingerprint density at radius 2 is 1.53 bits per heavy atom. The highest BCUT2D eigenvalue weighted by Crippen LogP contribution is 2.31. The van der Waals surface area contributed by atoms with Crippen LogP contribution in [0, 0.1) is 5.82 Å². The van der Waals surface area contributed by atoms with Gasteiger partial charge >= 0.3 is 6.09 Å². The van der Waals surface area contributed by atoms with Gasteiger partial charge in [0, 0.05) is 50.4 Å². The van der Waals surface area contributed by atoms with Crippen molar-refractivity contribution >= 4 is 29.2 Å². The molecule has 3 rings (SSSR count). The minimum absolute atomic E-state index is 0.319. The van der Waals surface area contributed by atoms with E-state index in [-0.39, 0.29) is 11.9 Å². The monoisotopic (exact) mass is 517 g/mol. The van der Waals surface area contributed by atoms with Crippen molar-refractivity contribution in [2.24, 2.45) is 4.40 Å². The van der Waals surface area contributed by atoms with Crippen molar-refractivity contribution in [3.63, 3.8) is 0 Å². The maximum atomic E-state index is 13.6. The molecule has 1 aromatic heterocycles. The van der Waals surface area contributed by atoms with Gasteiger partial charge in [-0.2, -0.15) is 4.40 Å². The predicted octanol–water partition coefficient (Wildman–Crippen LogP) is 4.51. The normalized spacial score (nSPS) is 17.7. The molecular weight excluding hydrogens is 481 g/mol. The van der Waals surface area contributed by atoms with Crippen LogP contribution >= 0.6 is 0 Å². The zero-order valence-electron chi connectivity index (χ0n) is 22.1. The summed E-state index contributed by atoms with van der Waals surface area (Å²) in [6.07, 6.45) is 4.76. The van der Waals surface area contributed by atoms with Crippen LogP contribution in [-0.2, 0) is 21.1 Å². The van der Waals surface area contributed by atoms with E-state index in [0.717, 1.165) is 11.1 Å². The average molecular weight is 518 g/mol. The van der Waals surface area contributed by atoms with Gasteiger partial charge in [-0.3, -0.25) is 0 Å². The minimum atomic E-state index is -1.45. The first kappa shape index (κ1) is 27.7. The molecule has 8 nitrogen and oxygen atoms in total. The number of carbonyl (C=O) groups excluding carboxylic acids is 1. The van der Waals surface area contributed by atoms with Crippen LogP contribution in [0.25, 0.3) is 0 Å². The summed E-state index contributed by atoms with van der Waals surface area (Å²) in [5, 5.41) is 0. The number of ether oxygens (including phenoxy) is 1. The van der Waals surface area contributed by atoms with E-state index in [4.69, 9.17) is 4.74 Å². The highest BCUT2D eigenvalue weighted by atomic mass is 32.2. The molecule has 1 unspecified atom stereocenters. The lowest BCUT2D eigenvalue weighted by Crippen LogP contribution is -2.50. The van der Waals surface area contributed by atoms with Crippen LogP contribution < -0.4 is 4.90 Å². The molecule has 10 heteroatoms. The zero-order chi connectivity index (χ0) is 26.7. The third-order valence-electron chi connectivity index (χ3n) is 5.83. The van der Waals surface area contributed by atoms with E-state index in [0.29, 0.717) is 32.1 Å². The minimum Gasteiger partial charge on any atom is -0.444 e. The number of aromatic nitrogens is 2. The predicted molar refractivity (Wildman–Crippen MR) is 141 cm³/mol. The second kappa shape index (κ2) is 10.6. The summed E-state index contributed by atoms with van der Waals surface area (Å²) in [4.78, 5) is 25.2. The van der Waals surface area contributed by atoms with Gasteiger partial charge in [-0.25, -0.2) is 23.4 Å². The Balaban J connectivity index is 1.80. The van der Waals surface area contributed by atoms with E-state index in [1.54, 1.807) is 35.6 Å². The number of rotatable bonds is 5. The van der Waals surface area contributed by atoms with Crippen molar-refractivity contribution in [2.75, 3.05) is 31.1 Å². The first-order valence-corrected chi connectivity index (χ1v) is 13.1. The van der Waals surface area contributed by atoms with Gasteiger partial charge in [0.25, 0.3) is 0 Å². The second-order valence-electron chi connectivity index (χ2n) is 11.0. The van der Waals surface area contributed by atoms with Crippen LogP contribution in [-0.4, -0.2) is 67.9 Å². The molecule has 0 radical (unpaired) electrons. The molecule has 2 atom stereocenters. The van der Waals surface area contributed by atoms with Crippen LogP contribution in [0.5, 0.6) is 0 Å². The fraction of sp³-hybridized carbons (Fsp3) is 0.538. The maximum Gasteiger partial charge on any atom is 0.410 e. The van der Waals surface area contributed by atoms with Crippen LogP contribution in [0.4, 0.5) is 15.1 Å². The number of amides is 1. The summed E-state index contributed by atoms with van der Waals surface area (Å²) in [6, 6.07) is 6.15. The van der Waals surface area contributed by atoms with Crippen LogP contribution in [0.3, 0.4) is 0 Å². The lowest BCUT2D eigenvalue weighted by Gasteiger charge is -2.35. The van der Waals surface area contributed by atoms with Crippen molar-refractivity contribution in [3.05, 3.63) is 53.6 Å². The number of hydrogen-bond acceptors (Lipinski definition) is 6. The van der Waals surface area contributed by atoms with Crippen LogP contribution in [0.1, 0.15) is 59.6 Å². The SMILES string of the molecule is CC(C)(C)OC(=O)N1CCN(c2ncc([C@@](C)(C=NS(=O)C(C)(C)C)c3ccc(F)cc3)cn2)CC1. The van der Waals surface area contributed by atoms with Crippen molar-refractivity contribution in [1.29, 1.82) is 0 Å². The molecule has 0 spiro atoms. The summed E-state index contributed by atoms with van der Waals surface area (Å²) in [5.41, 5.74) is 0.163.